The van der Waals surface area contributed by atoms with Crippen LogP contribution >= 0.6 is 11.6 Å². The van der Waals surface area contributed by atoms with Crippen molar-refractivity contribution < 1.29 is 9.59 Å². The smallest absolute Gasteiger partial charge is 0.147 e. The zero-order valence-electron chi connectivity index (χ0n) is 8.31. The van der Waals surface area contributed by atoms with E-state index in [0.29, 0.717) is 6.42 Å². The summed E-state index contributed by atoms with van der Waals surface area (Å²) in [6.45, 7) is 3.10. The molecule has 0 aliphatic heterocycles. The van der Waals surface area contributed by atoms with E-state index in [1.807, 2.05) is 0 Å². The number of carbonyl (C=O) groups is 2. The molecule has 13 heavy (non-hydrogen) atoms. The molecule has 0 saturated carbocycles. The van der Waals surface area contributed by atoms with Crippen LogP contribution in [0.1, 0.15) is 46.0 Å². The standard InChI is InChI=1S/C10H17ClO2/c1-8(12)6-4-3-5-7-10(11)9(2)13/h10H,3-7H2,1-2H3. The topological polar surface area (TPSA) is 34.1 Å². The fourth-order valence-electron chi connectivity index (χ4n) is 1.08. The third-order valence-corrected chi connectivity index (χ3v) is 2.45. The van der Waals surface area contributed by atoms with Crippen LogP contribution in [-0.2, 0) is 9.59 Å². The molecule has 0 saturated heterocycles. The Labute approximate surface area is 84.7 Å². The average molecular weight is 205 g/mol. The van der Waals surface area contributed by atoms with Gasteiger partial charge >= 0.3 is 0 Å². The summed E-state index contributed by atoms with van der Waals surface area (Å²) in [4.78, 5) is 21.3. The third kappa shape index (κ3) is 7.97. The maximum Gasteiger partial charge on any atom is 0.147 e. The van der Waals surface area contributed by atoms with Crippen LogP contribution in [-0.4, -0.2) is 16.9 Å². The number of Topliss-reactive ketones (excluding diaryl/α,β-unsaturated/α-hetero) is 2. The molecular weight excluding hydrogens is 188 g/mol. The van der Waals surface area contributed by atoms with E-state index >= 15 is 0 Å². The van der Waals surface area contributed by atoms with Crippen molar-refractivity contribution in [2.75, 3.05) is 0 Å². The number of hydrogen-bond acceptors (Lipinski definition) is 2. The molecule has 0 N–H and O–H groups in total. The Bertz CT molecular complexity index is 178. The number of carbonyl (C=O) groups excluding carboxylic acids is 2. The lowest BCUT2D eigenvalue weighted by Crippen LogP contribution is -2.09. The normalized spacial score (nSPS) is 12.5. The minimum Gasteiger partial charge on any atom is -0.300 e. The molecule has 0 radical (unpaired) electrons. The Hall–Kier alpha value is -0.370. The van der Waals surface area contributed by atoms with Crippen LogP contribution in [0.15, 0.2) is 0 Å². The molecule has 1 unspecified atom stereocenters. The van der Waals surface area contributed by atoms with Gasteiger partial charge in [-0.25, -0.2) is 0 Å². The fraction of sp³-hybridized carbons (Fsp3) is 0.800. The number of ketones is 2. The number of halogens is 1. The monoisotopic (exact) mass is 204 g/mol. The summed E-state index contributed by atoms with van der Waals surface area (Å²) in [5, 5.41) is -0.336. The van der Waals surface area contributed by atoms with Gasteiger partial charge in [-0.3, -0.25) is 4.79 Å². The van der Waals surface area contributed by atoms with Gasteiger partial charge < -0.3 is 4.79 Å². The maximum absolute atomic E-state index is 10.7. The minimum atomic E-state index is -0.336. The second-order valence-corrected chi connectivity index (χ2v) is 3.91. The molecule has 0 aromatic rings. The zero-order valence-corrected chi connectivity index (χ0v) is 9.06. The van der Waals surface area contributed by atoms with Crippen molar-refractivity contribution in [1.82, 2.24) is 0 Å². The van der Waals surface area contributed by atoms with E-state index in [1.54, 1.807) is 6.92 Å². The minimum absolute atomic E-state index is 0.0354. The van der Waals surface area contributed by atoms with Gasteiger partial charge in [0.2, 0.25) is 0 Å². The number of unbranched alkanes of at least 4 members (excludes halogenated alkanes) is 2. The van der Waals surface area contributed by atoms with Crippen LogP contribution in [0.3, 0.4) is 0 Å². The molecule has 3 heteroatoms. The molecule has 0 aliphatic carbocycles. The van der Waals surface area contributed by atoms with Gasteiger partial charge in [0, 0.05) is 6.42 Å². The largest absolute Gasteiger partial charge is 0.300 e. The number of rotatable bonds is 7. The van der Waals surface area contributed by atoms with Gasteiger partial charge in [-0.2, -0.15) is 0 Å². The molecule has 0 aromatic heterocycles. The van der Waals surface area contributed by atoms with Crippen molar-refractivity contribution in [3.05, 3.63) is 0 Å². The molecule has 0 aromatic carbocycles. The molecule has 0 amide bonds. The highest BCUT2D eigenvalue weighted by Crippen LogP contribution is 2.10. The van der Waals surface area contributed by atoms with Crippen molar-refractivity contribution in [3.63, 3.8) is 0 Å². The highest BCUT2D eigenvalue weighted by Gasteiger charge is 2.08. The maximum atomic E-state index is 10.7. The van der Waals surface area contributed by atoms with Crippen LogP contribution in [0.4, 0.5) is 0 Å². The van der Waals surface area contributed by atoms with Gasteiger partial charge in [0.1, 0.15) is 11.6 Å². The summed E-state index contributed by atoms with van der Waals surface area (Å²) >= 11 is 5.74. The number of hydrogen-bond donors (Lipinski definition) is 0. The summed E-state index contributed by atoms with van der Waals surface area (Å²) in [6, 6.07) is 0. The Morgan fingerprint density at radius 2 is 1.77 bits per heavy atom. The van der Waals surface area contributed by atoms with E-state index in [9.17, 15) is 9.59 Å². The summed E-state index contributed by atoms with van der Waals surface area (Å²) in [6.07, 6.45) is 4.20. The van der Waals surface area contributed by atoms with Crippen molar-refractivity contribution in [2.24, 2.45) is 0 Å². The molecule has 2 nitrogen and oxygen atoms in total. The molecule has 0 bridgehead atoms. The van der Waals surface area contributed by atoms with Crippen molar-refractivity contribution >= 4 is 23.2 Å². The molecule has 76 valence electrons. The van der Waals surface area contributed by atoms with Crippen LogP contribution in [0.25, 0.3) is 0 Å². The first kappa shape index (κ1) is 12.6. The van der Waals surface area contributed by atoms with Crippen molar-refractivity contribution in [2.45, 2.75) is 51.3 Å². The zero-order chi connectivity index (χ0) is 10.3. The fourth-order valence-corrected chi connectivity index (χ4v) is 1.23. The summed E-state index contributed by atoms with van der Waals surface area (Å²) in [7, 11) is 0. The van der Waals surface area contributed by atoms with Gasteiger partial charge in [-0.15, -0.1) is 11.6 Å². The molecule has 0 heterocycles. The van der Waals surface area contributed by atoms with Crippen molar-refractivity contribution in [1.29, 1.82) is 0 Å². The lowest BCUT2D eigenvalue weighted by molar-refractivity contribution is -0.118. The molecule has 1 atom stereocenters. The quantitative estimate of drug-likeness (QED) is 0.472. The second-order valence-electron chi connectivity index (χ2n) is 3.38. The predicted octanol–water partition coefficient (Wildman–Crippen LogP) is 2.72. The van der Waals surface area contributed by atoms with Gasteiger partial charge in [-0.05, 0) is 26.7 Å². The number of alkyl halides is 1. The third-order valence-electron chi connectivity index (χ3n) is 1.93. The summed E-state index contributed by atoms with van der Waals surface area (Å²) in [5.74, 6) is 0.266. The summed E-state index contributed by atoms with van der Waals surface area (Å²) < 4.78 is 0. The SMILES string of the molecule is CC(=O)CCCCCC(Cl)C(C)=O. The lowest BCUT2D eigenvalue weighted by atomic mass is 10.1. The molecule has 0 aliphatic rings. The summed E-state index contributed by atoms with van der Waals surface area (Å²) in [5.41, 5.74) is 0. The lowest BCUT2D eigenvalue weighted by Gasteiger charge is -2.03. The van der Waals surface area contributed by atoms with E-state index in [1.165, 1.54) is 6.92 Å². The Morgan fingerprint density at radius 3 is 2.23 bits per heavy atom. The van der Waals surface area contributed by atoms with Gasteiger partial charge in [0.25, 0.3) is 0 Å². The van der Waals surface area contributed by atoms with Gasteiger partial charge in [0.15, 0.2) is 0 Å². The highest BCUT2D eigenvalue weighted by molar-refractivity contribution is 6.30. The first-order valence-corrected chi connectivity index (χ1v) is 5.11. The van der Waals surface area contributed by atoms with Crippen LogP contribution < -0.4 is 0 Å². The first-order valence-electron chi connectivity index (χ1n) is 4.68. The van der Waals surface area contributed by atoms with E-state index in [0.717, 1.165) is 25.7 Å². The van der Waals surface area contributed by atoms with Gasteiger partial charge in [-0.1, -0.05) is 12.8 Å². The molecule has 0 fully saturated rings. The van der Waals surface area contributed by atoms with E-state index in [2.05, 4.69) is 0 Å². The Kier molecular flexibility index (Phi) is 6.87. The highest BCUT2D eigenvalue weighted by atomic mass is 35.5. The van der Waals surface area contributed by atoms with Crippen LogP contribution in [0, 0.1) is 0 Å². The van der Waals surface area contributed by atoms with E-state index in [-0.39, 0.29) is 16.9 Å². The van der Waals surface area contributed by atoms with E-state index in [4.69, 9.17) is 11.6 Å². The van der Waals surface area contributed by atoms with Crippen LogP contribution in [0.5, 0.6) is 0 Å². The predicted molar refractivity (Wildman–Crippen MR) is 54.1 cm³/mol. The average Bonchev–Trinajstić information content (AvgIpc) is 2.02. The first-order chi connectivity index (χ1) is 6.04. The van der Waals surface area contributed by atoms with Gasteiger partial charge in [0.05, 0.1) is 5.38 Å². The second kappa shape index (κ2) is 7.07. The van der Waals surface area contributed by atoms with Crippen LogP contribution in [0.2, 0.25) is 0 Å². The van der Waals surface area contributed by atoms with E-state index < -0.39 is 0 Å². The van der Waals surface area contributed by atoms with Crippen molar-refractivity contribution in [3.8, 4) is 0 Å². The molecule has 0 spiro atoms. The molecule has 0 rings (SSSR count). The Balaban J connectivity index is 3.26. The Morgan fingerprint density at radius 1 is 1.15 bits per heavy atom. The molecular formula is C10H17ClO2.